The number of nitrogens with one attached hydrogen (secondary N) is 1. The standard InChI is InChI=1S/C11H21NO2/c1-4-12-10(7-9(2)3)11-8-13-5-6-14-11/h10-12H,2,4-8H2,1,3H3. The maximum absolute atomic E-state index is 5.66. The molecular formula is C11H21NO2. The van der Waals surface area contributed by atoms with Crippen LogP contribution in [0.3, 0.4) is 0 Å². The first-order valence-corrected chi connectivity index (χ1v) is 5.31. The van der Waals surface area contributed by atoms with Crippen molar-refractivity contribution in [2.45, 2.75) is 32.4 Å². The van der Waals surface area contributed by atoms with Crippen LogP contribution < -0.4 is 5.32 Å². The third kappa shape index (κ3) is 3.78. The predicted molar refractivity (Wildman–Crippen MR) is 57.5 cm³/mol. The summed E-state index contributed by atoms with van der Waals surface area (Å²) in [5.41, 5.74) is 1.19. The molecule has 0 aromatic rings. The highest BCUT2D eigenvalue weighted by molar-refractivity contribution is 4.95. The predicted octanol–water partition coefficient (Wildman–Crippen LogP) is 1.35. The average Bonchev–Trinajstić information content (AvgIpc) is 2.18. The van der Waals surface area contributed by atoms with Crippen LogP contribution in [0.1, 0.15) is 20.3 Å². The lowest BCUT2D eigenvalue weighted by atomic mass is 10.0. The number of hydrogen-bond donors (Lipinski definition) is 1. The molecule has 0 radical (unpaired) electrons. The molecule has 1 heterocycles. The highest BCUT2D eigenvalue weighted by Gasteiger charge is 2.24. The Morgan fingerprint density at radius 1 is 1.57 bits per heavy atom. The number of likely N-dealkylation sites (N-methyl/N-ethyl adjacent to an activating group) is 1. The largest absolute Gasteiger partial charge is 0.376 e. The van der Waals surface area contributed by atoms with Crippen molar-refractivity contribution in [3.8, 4) is 0 Å². The Balaban J connectivity index is 2.42. The third-order valence-electron chi connectivity index (χ3n) is 2.33. The molecule has 2 atom stereocenters. The molecule has 0 bridgehead atoms. The van der Waals surface area contributed by atoms with Crippen molar-refractivity contribution in [2.75, 3.05) is 26.4 Å². The average molecular weight is 199 g/mol. The van der Waals surface area contributed by atoms with Crippen LogP contribution in [0.4, 0.5) is 0 Å². The van der Waals surface area contributed by atoms with Gasteiger partial charge >= 0.3 is 0 Å². The van der Waals surface area contributed by atoms with Gasteiger partial charge in [-0.3, -0.25) is 0 Å². The molecule has 3 nitrogen and oxygen atoms in total. The highest BCUT2D eigenvalue weighted by Crippen LogP contribution is 2.12. The topological polar surface area (TPSA) is 30.5 Å². The van der Waals surface area contributed by atoms with Gasteiger partial charge < -0.3 is 14.8 Å². The van der Waals surface area contributed by atoms with Crippen molar-refractivity contribution in [2.24, 2.45) is 0 Å². The maximum Gasteiger partial charge on any atom is 0.0965 e. The quantitative estimate of drug-likeness (QED) is 0.678. The van der Waals surface area contributed by atoms with E-state index in [0.29, 0.717) is 19.3 Å². The third-order valence-corrected chi connectivity index (χ3v) is 2.33. The zero-order valence-electron chi connectivity index (χ0n) is 9.21. The minimum atomic E-state index is 0.181. The van der Waals surface area contributed by atoms with Crippen molar-refractivity contribution >= 4 is 0 Å². The molecule has 2 unspecified atom stereocenters. The molecule has 1 aliphatic heterocycles. The molecule has 82 valence electrons. The van der Waals surface area contributed by atoms with Crippen molar-refractivity contribution in [1.29, 1.82) is 0 Å². The second-order valence-corrected chi connectivity index (χ2v) is 3.81. The second kappa shape index (κ2) is 6.17. The van der Waals surface area contributed by atoms with Crippen molar-refractivity contribution in [3.63, 3.8) is 0 Å². The van der Waals surface area contributed by atoms with Gasteiger partial charge in [0.1, 0.15) is 0 Å². The summed E-state index contributed by atoms with van der Waals surface area (Å²) in [5.74, 6) is 0. The second-order valence-electron chi connectivity index (χ2n) is 3.81. The van der Waals surface area contributed by atoms with Crippen LogP contribution in [-0.2, 0) is 9.47 Å². The fourth-order valence-corrected chi connectivity index (χ4v) is 1.71. The summed E-state index contributed by atoms with van der Waals surface area (Å²) >= 11 is 0. The minimum absolute atomic E-state index is 0.181. The first-order chi connectivity index (χ1) is 6.74. The summed E-state index contributed by atoms with van der Waals surface area (Å²) in [6.45, 7) is 11.2. The van der Waals surface area contributed by atoms with Gasteiger partial charge in [-0.15, -0.1) is 6.58 Å². The maximum atomic E-state index is 5.66. The molecule has 1 aliphatic rings. The van der Waals surface area contributed by atoms with E-state index < -0.39 is 0 Å². The first-order valence-electron chi connectivity index (χ1n) is 5.31. The zero-order valence-corrected chi connectivity index (χ0v) is 9.21. The molecule has 1 N–H and O–H groups in total. The molecular weight excluding hydrogens is 178 g/mol. The Morgan fingerprint density at radius 3 is 2.86 bits per heavy atom. The summed E-state index contributed by atoms with van der Waals surface area (Å²) in [6.07, 6.45) is 1.14. The van der Waals surface area contributed by atoms with Crippen LogP contribution in [0, 0.1) is 0 Å². The van der Waals surface area contributed by atoms with Gasteiger partial charge in [-0.05, 0) is 19.9 Å². The van der Waals surface area contributed by atoms with E-state index >= 15 is 0 Å². The molecule has 3 heteroatoms. The van der Waals surface area contributed by atoms with E-state index in [9.17, 15) is 0 Å². The Labute approximate surface area is 86.5 Å². The van der Waals surface area contributed by atoms with Gasteiger partial charge in [0.25, 0.3) is 0 Å². The van der Waals surface area contributed by atoms with Crippen LogP contribution in [0.5, 0.6) is 0 Å². The normalized spacial score (nSPS) is 24.6. The van der Waals surface area contributed by atoms with Crippen LogP contribution in [0.2, 0.25) is 0 Å². The van der Waals surface area contributed by atoms with E-state index in [2.05, 4.69) is 18.8 Å². The lowest BCUT2D eigenvalue weighted by Crippen LogP contribution is -2.46. The fourth-order valence-electron chi connectivity index (χ4n) is 1.71. The molecule has 1 fully saturated rings. The summed E-state index contributed by atoms with van der Waals surface area (Å²) in [7, 11) is 0. The van der Waals surface area contributed by atoms with Gasteiger partial charge in [0.05, 0.1) is 25.9 Å². The summed E-state index contributed by atoms with van der Waals surface area (Å²) in [6, 6.07) is 0.345. The molecule has 0 amide bonds. The molecule has 0 aromatic heterocycles. The Morgan fingerprint density at radius 2 is 2.36 bits per heavy atom. The Bertz CT molecular complexity index is 176. The number of hydrogen-bond acceptors (Lipinski definition) is 3. The lowest BCUT2D eigenvalue weighted by molar-refractivity contribution is -0.101. The molecule has 0 spiro atoms. The highest BCUT2D eigenvalue weighted by atomic mass is 16.6. The van der Waals surface area contributed by atoms with E-state index in [1.807, 2.05) is 6.92 Å². The summed E-state index contributed by atoms with van der Waals surface area (Å²) in [4.78, 5) is 0. The SMILES string of the molecule is C=C(C)CC(NCC)C1COCCO1. The van der Waals surface area contributed by atoms with E-state index in [-0.39, 0.29) is 6.10 Å². The van der Waals surface area contributed by atoms with Gasteiger partial charge in [-0.25, -0.2) is 0 Å². The van der Waals surface area contributed by atoms with Crippen LogP contribution in [0.25, 0.3) is 0 Å². The number of ether oxygens (including phenoxy) is 2. The monoisotopic (exact) mass is 199 g/mol. The molecule has 1 saturated heterocycles. The van der Waals surface area contributed by atoms with Gasteiger partial charge in [0, 0.05) is 6.04 Å². The molecule has 14 heavy (non-hydrogen) atoms. The van der Waals surface area contributed by atoms with E-state index in [1.54, 1.807) is 0 Å². The summed E-state index contributed by atoms with van der Waals surface area (Å²) in [5, 5.41) is 3.42. The molecule has 0 aromatic carbocycles. The molecule has 0 aliphatic carbocycles. The van der Waals surface area contributed by atoms with Crippen LogP contribution >= 0.6 is 0 Å². The van der Waals surface area contributed by atoms with E-state index in [1.165, 1.54) is 5.57 Å². The zero-order chi connectivity index (χ0) is 10.4. The van der Waals surface area contributed by atoms with Gasteiger partial charge in [-0.1, -0.05) is 12.5 Å². The molecule has 0 saturated carbocycles. The molecule has 1 rings (SSSR count). The number of rotatable bonds is 5. The van der Waals surface area contributed by atoms with E-state index in [4.69, 9.17) is 9.47 Å². The van der Waals surface area contributed by atoms with Crippen molar-refractivity contribution in [3.05, 3.63) is 12.2 Å². The van der Waals surface area contributed by atoms with Crippen molar-refractivity contribution in [1.82, 2.24) is 5.32 Å². The Hall–Kier alpha value is -0.380. The fraction of sp³-hybridized carbons (Fsp3) is 0.818. The minimum Gasteiger partial charge on any atom is -0.376 e. The van der Waals surface area contributed by atoms with Crippen molar-refractivity contribution < 1.29 is 9.47 Å². The lowest BCUT2D eigenvalue weighted by Gasteiger charge is -2.31. The van der Waals surface area contributed by atoms with Gasteiger partial charge in [-0.2, -0.15) is 0 Å². The Kier molecular flexibility index (Phi) is 5.15. The van der Waals surface area contributed by atoms with E-state index in [0.717, 1.165) is 19.6 Å². The van der Waals surface area contributed by atoms with Gasteiger partial charge in [0.15, 0.2) is 0 Å². The van der Waals surface area contributed by atoms with Crippen LogP contribution in [-0.4, -0.2) is 38.5 Å². The first kappa shape index (κ1) is 11.7. The smallest absolute Gasteiger partial charge is 0.0965 e. The van der Waals surface area contributed by atoms with Crippen LogP contribution in [0.15, 0.2) is 12.2 Å². The van der Waals surface area contributed by atoms with Gasteiger partial charge in [0.2, 0.25) is 0 Å². The summed E-state index contributed by atoms with van der Waals surface area (Å²) < 4.78 is 11.1.